The van der Waals surface area contributed by atoms with Gasteiger partial charge < -0.3 is 14.8 Å². The minimum atomic E-state index is -0.00277. The summed E-state index contributed by atoms with van der Waals surface area (Å²) in [5, 5.41) is 2.74. The van der Waals surface area contributed by atoms with Crippen molar-refractivity contribution < 1.29 is 14.3 Å². The molecule has 1 aliphatic heterocycles. The molecule has 2 rings (SSSR count). The molecule has 4 nitrogen and oxygen atoms in total. The molecule has 19 heavy (non-hydrogen) atoms. The van der Waals surface area contributed by atoms with Crippen molar-refractivity contribution in [1.82, 2.24) is 5.32 Å². The molecule has 1 aromatic rings. The molecule has 0 bridgehead atoms. The predicted molar refractivity (Wildman–Crippen MR) is 76.0 cm³/mol. The second kappa shape index (κ2) is 7.09. The highest BCUT2D eigenvalue weighted by molar-refractivity contribution is 8.00. The zero-order valence-electron chi connectivity index (χ0n) is 10.7. The Hall–Kier alpha value is -1.62. The van der Waals surface area contributed by atoms with E-state index in [1.54, 1.807) is 6.08 Å². The molecule has 5 heteroatoms. The van der Waals surface area contributed by atoms with Crippen molar-refractivity contribution in [1.29, 1.82) is 0 Å². The van der Waals surface area contributed by atoms with Gasteiger partial charge in [-0.15, -0.1) is 18.3 Å². The molecule has 0 saturated heterocycles. The van der Waals surface area contributed by atoms with Gasteiger partial charge in [0.25, 0.3) is 0 Å². The zero-order chi connectivity index (χ0) is 13.5. The molecule has 0 aliphatic carbocycles. The van der Waals surface area contributed by atoms with Crippen LogP contribution < -0.4 is 14.8 Å². The fourth-order valence-corrected chi connectivity index (χ4v) is 2.37. The number of hydrogen-bond donors (Lipinski definition) is 1. The lowest BCUT2D eigenvalue weighted by Crippen LogP contribution is -2.24. The third-order valence-corrected chi connectivity index (χ3v) is 3.53. The van der Waals surface area contributed by atoms with E-state index in [-0.39, 0.29) is 5.91 Å². The van der Waals surface area contributed by atoms with E-state index in [2.05, 4.69) is 11.9 Å². The van der Waals surface area contributed by atoms with E-state index >= 15 is 0 Å². The Morgan fingerprint density at radius 2 is 2.16 bits per heavy atom. The van der Waals surface area contributed by atoms with Crippen LogP contribution in [0.1, 0.15) is 6.42 Å². The highest BCUT2D eigenvalue weighted by Crippen LogP contribution is 2.33. The first-order valence-corrected chi connectivity index (χ1v) is 7.18. The molecular formula is C14H17NO3S. The summed E-state index contributed by atoms with van der Waals surface area (Å²) in [6.45, 7) is 5.41. The quantitative estimate of drug-likeness (QED) is 0.663. The van der Waals surface area contributed by atoms with Crippen LogP contribution in [0.4, 0.5) is 0 Å². The lowest BCUT2D eigenvalue weighted by molar-refractivity contribution is -0.118. The highest BCUT2D eigenvalue weighted by atomic mass is 32.2. The number of ether oxygens (including phenoxy) is 2. The maximum Gasteiger partial charge on any atom is 0.230 e. The Balaban J connectivity index is 1.92. The fraction of sp³-hybridized carbons (Fsp3) is 0.357. The topological polar surface area (TPSA) is 47.6 Å². The molecule has 0 aromatic heterocycles. The molecule has 0 spiro atoms. The van der Waals surface area contributed by atoms with Crippen molar-refractivity contribution in [3.05, 3.63) is 30.9 Å². The summed E-state index contributed by atoms with van der Waals surface area (Å²) < 4.78 is 11.2. The first-order chi connectivity index (χ1) is 9.29. The van der Waals surface area contributed by atoms with Crippen LogP contribution in [0.15, 0.2) is 35.7 Å². The molecule has 1 heterocycles. The lowest BCUT2D eigenvalue weighted by Gasteiger charge is -2.09. The highest BCUT2D eigenvalue weighted by Gasteiger charge is 2.11. The molecule has 1 N–H and O–H groups in total. The number of amides is 1. The second-order valence-corrected chi connectivity index (χ2v) is 5.09. The Morgan fingerprint density at radius 3 is 2.95 bits per heavy atom. The maximum atomic E-state index is 11.5. The average Bonchev–Trinajstić information content (AvgIpc) is 2.67. The number of rotatable bonds is 5. The minimum absolute atomic E-state index is 0.00277. The van der Waals surface area contributed by atoms with Gasteiger partial charge in [0.15, 0.2) is 11.5 Å². The summed E-state index contributed by atoms with van der Waals surface area (Å²) in [6, 6.07) is 5.76. The Bertz CT molecular complexity index is 462. The largest absolute Gasteiger partial charge is 0.490 e. The Labute approximate surface area is 117 Å². The number of thioether (sulfide) groups is 1. The van der Waals surface area contributed by atoms with Gasteiger partial charge >= 0.3 is 0 Å². The number of nitrogens with one attached hydrogen (secondary N) is 1. The second-order valence-electron chi connectivity index (χ2n) is 4.04. The van der Waals surface area contributed by atoms with Gasteiger partial charge in [-0.3, -0.25) is 4.79 Å². The van der Waals surface area contributed by atoms with Crippen molar-refractivity contribution >= 4 is 17.7 Å². The third kappa shape index (κ3) is 4.21. The van der Waals surface area contributed by atoms with Crippen molar-refractivity contribution in [2.75, 3.05) is 25.5 Å². The molecule has 0 saturated carbocycles. The summed E-state index contributed by atoms with van der Waals surface area (Å²) in [7, 11) is 0. The number of benzene rings is 1. The van der Waals surface area contributed by atoms with Crippen LogP contribution in [0.2, 0.25) is 0 Å². The number of carbonyl (C=O) groups excluding carboxylic acids is 1. The van der Waals surface area contributed by atoms with E-state index in [1.165, 1.54) is 11.8 Å². The minimum Gasteiger partial charge on any atom is -0.490 e. The summed E-state index contributed by atoms with van der Waals surface area (Å²) in [6.07, 6.45) is 2.55. The molecular weight excluding hydrogens is 262 g/mol. The van der Waals surface area contributed by atoms with Gasteiger partial charge in [0.05, 0.1) is 19.0 Å². The molecule has 0 radical (unpaired) electrons. The lowest BCUT2D eigenvalue weighted by atomic mass is 10.3. The molecule has 1 aliphatic rings. The van der Waals surface area contributed by atoms with E-state index < -0.39 is 0 Å². The molecule has 1 amide bonds. The predicted octanol–water partition coefficient (Wildman–Crippen LogP) is 2.24. The van der Waals surface area contributed by atoms with Crippen LogP contribution in [0.25, 0.3) is 0 Å². The van der Waals surface area contributed by atoms with Crippen LogP contribution in [-0.4, -0.2) is 31.4 Å². The molecule has 102 valence electrons. The molecule has 1 aromatic carbocycles. The van der Waals surface area contributed by atoms with E-state index in [0.717, 1.165) is 22.8 Å². The van der Waals surface area contributed by atoms with Gasteiger partial charge in [-0.25, -0.2) is 0 Å². The van der Waals surface area contributed by atoms with Crippen LogP contribution in [0.3, 0.4) is 0 Å². The van der Waals surface area contributed by atoms with Crippen LogP contribution >= 0.6 is 11.8 Å². The summed E-state index contributed by atoms with van der Waals surface area (Å²) in [5.41, 5.74) is 0. The van der Waals surface area contributed by atoms with E-state index in [9.17, 15) is 4.79 Å². The van der Waals surface area contributed by atoms with E-state index in [0.29, 0.717) is 25.5 Å². The third-order valence-electron chi connectivity index (χ3n) is 2.53. The Kier molecular flexibility index (Phi) is 5.15. The van der Waals surface area contributed by atoms with Crippen LogP contribution in [-0.2, 0) is 4.79 Å². The zero-order valence-corrected chi connectivity index (χ0v) is 11.5. The van der Waals surface area contributed by atoms with Crippen molar-refractivity contribution in [2.24, 2.45) is 0 Å². The van der Waals surface area contributed by atoms with Gasteiger partial charge in [0.1, 0.15) is 0 Å². The van der Waals surface area contributed by atoms with Gasteiger partial charge in [-0.05, 0) is 18.2 Å². The van der Waals surface area contributed by atoms with Gasteiger partial charge in [0.2, 0.25) is 5.91 Å². The summed E-state index contributed by atoms with van der Waals surface area (Å²) >= 11 is 1.48. The van der Waals surface area contributed by atoms with Gasteiger partial charge in [-0.1, -0.05) is 6.08 Å². The molecule has 0 unspecified atom stereocenters. The molecule has 0 atom stereocenters. The van der Waals surface area contributed by atoms with Crippen molar-refractivity contribution in [3.63, 3.8) is 0 Å². The van der Waals surface area contributed by atoms with Crippen LogP contribution in [0, 0.1) is 0 Å². The standard InChI is InChI=1S/C14H17NO3S/c1-2-6-15-14(16)10-19-11-4-5-12-13(9-11)18-8-3-7-17-12/h2,4-5,9H,1,3,6-8,10H2,(H,15,16). The van der Waals surface area contributed by atoms with Gasteiger partial charge in [0, 0.05) is 17.9 Å². The van der Waals surface area contributed by atoms with Gasteiger partial charge in [-0.2, -0.15) is 0 Å². The number of hydrogen-bond acceptors (Lipinski definition) is 4. The summed E-state index contributed by atoms with van der Waals surface area (Å²) in [4.78, 5) is 12.5. The fourth-order valence-electron chi connectivity index (χ4n) is 1.62. The molecule has 0 fully saturated rings. The maximum absolute atomic E-state index is 11.5. The number of fused-ring (bicyclic) bond motifs is 1. The SMILES string of the molecule is C=CCNC(=O)CSc1ccc2c(c1)OCCCO2. The first-order valence-electron chi connectivity index (χ1n) is 6.19. The van der Waals surface area contributed by atoms with E-state index in [4.69, 9.17) is 9.47 Å². The monoisotopic (exact) mass is 279 g/mol. The summed E-state index contributed by atoms with van der Waals surface area (Å²) in [5.74, 6) is 1.91. The number of carbonyl (C=O) groups is 1. The van der Waals surface area contributed by atoms with E-state index in [1.807, 2.05) is 18.2 Å². The van der Waals surface area contributed by atoms with Crippen LogP contribution in [0.5, 0.6) is 11.5 Å². The first kappa shape index (κ1) is 13.8. The smallest absolute Gasteiger partial charge is 0.230 e. The van der Waals surface area contributed by atoms with Crippen molar-refractivity contribution in [3.8, 4) is 11.5 Å². The van der Waals surface area contributed by atoms with Crippen molar-refractivity contribution in [2.45, 2.75) is 11.3 Å². The Morgan fingerprint density at radius 1 is 1.37 bits per heavy atom. The average molecular weight is 279 g/mol. The normalized spacial score (nSPS) is 13.5.